The summed E-state index contributed by atoms with van der Waals surface area (Å²) in [6, 6.07) is 9.43. The fraction of sp³-hybridized carbons (Fsp3) is 0.686. The molecule has 1 N–H and O–H groups in total. The van der Waals surface area contributed by atoms with Crippen LogP contribution in [0.4, 0.5) is 0 Å². The Bertz CT molecular complexity index is 1170. The predicted molar refractivity (Wildman–Crippen MR) is 153 cm³/mol. The van der Waals surface area contributed by atoms with E-state index in [1.807, 2.05) is 30.3 Å². The lowest BCUT2D eigenvalue weighted by Crippen LogP contribution is -2.60. The number of benzene rings is 1. The summed E-state index contributed by atoms with van der Waals surface area (Å²) in [5.74, 6) is 0.977. The van der Waals surface area contributed by atoms with Gasteiger partial charge in [-0.3, -0.25) is 0 Å². The Balaban J connectivity index is 1.27. The van der Waals surface area contributed by atoms with Gasteiger partial charge in [0.15, 0.2) is 0 Å². The summed E-state index contributed by atoms with van der Waals surface area (Å²) < 4.78 is 6.03. The molecule has 0 aromatic heterocycles. The molecule has 1 aromatic carbocycles. The topological polar surface area (TPSA) is 46.5 Å². The van der Waals surface area contributed by atoms with Crippen molar-refractivity contribution in [2.45, 2.75) is 105 Å². The van der Waals surface area contributed by atoms with E-state index in [-0.39, 0.29) is 33.7 Å². The summed E-state index contributed by atoms with van der Waals surface area (Å²) in [6.45, 7) is 12.9. The summed E-state index contributed by atoms with van der Waals surface area (Å²) in [5, 5.41) is 10.3. The van der Waals surface area contributed by atoms with Crippen LogP contribution >= 0.6 is 0 Å². The van der Waals surface area contributed by atoms with E-state index in [4.69, 9.17) is 4.74 Å². The minimum atomic E-state index is -0.181. The summed E-state index contributed by atoms with van der Waals surface area (Å²) >= 11 is 0. The molecule has 5 aliphatic carbocycles. The molecule has 3 nitrogen and oxygen atoms in total. The van der Waals surface area contributed by atoms with Gasteiger partial charge in [0, 0.05) is 6.61 Å². The van der Waals surface area contributed by atoms with Crippen molar-refractivity contribution in [3.63, 3.8) is 0 Å². The van der Waals surface area contributed by atoms with Gasteiger partial charge in [-0.1, -0.05) is 65.0 Å². The van der Waals surface area contributed by atoms with Crippen molar-refractivity contribution < 1.29 is 14.6 Å². The van der Waals surface area contributed by atoms with E-state index < -0.39 is 0 Å². The van der Waals surface area contributed by atoms with Crippen LogP contribution in [0.3, 0.4) is 0 Å². The summed E-state index contributed by atoms with van der Waals surface area (Å²) in [6.07, 6.45) is 16.6. The van der Waals surface area contributed by atoms with Gasteiger partial charge in [0.25, 0.3) is 0 Å². The van der Waals surface area contributed by atoms with Gasteiger partial charge in [0.2, 0.25) is 0 Å². The lowest BCUT2D eigenvalue weighted by Gasteiger charge is -2.68. The van der Waals surface area contributed by atoms with Gasteiger partial charge in [-0.2, -0.15) is 0 Å². The van der Waals surface area contributed by atoms with E-state index in [0.717, 1.165) is 44.9 Å². The highest BCUT2D eigenvalue weighted by Crippen LogP contribution is 2.73. The van der Waals surface area contributed by atoms with Crippen molar-refractivity contribution in [2.75, 3.05) is 6.61 Å². The van der Waals surface area contributed by atoms with Crippen molar-refractivity contribution in [1.29, 1.82) is 0 Å². The van der Waals surface area contributed by atoms with E-state index in [1.54, 1.807) is 11.1 Å². The Morgan fingerprint density at radius 3 is 2.42 bits per heavy atom. The molecule has 206 valence electrons. The first kappa shape index (κ1) is 26.4. The zero-order valence-corrected chi connectivity index (χ0v) is 24.3. The molecule has 3 fully saturated rings. The van der Waals surface area contributed by atoms with E-state index >= 15 is 0 Å². The third-order valence-electron chi connectivity index (χ3n) is 13.0. The molecule has 8 unspecified atom stereocenters. The van der Waals surface area contributed by atoms with Crippen molar-refractivity contribution in [3.8, 4) is 0 Å². The van der Waals surface area contributed by atoms with Crippen molar-refractivity contribution in [3.05, 3.63) is 59.2 Å². The maximum Gasteiger partial charge on any atom is 0.338 e. The molecule has 38 heavy (non-hydrogen) atoms. The van der Waals surface area contributed by atoms with Crippen LogP contribution in [0.1, 0.15) is 109 Å². The predicted octanol–water partition coefficient (Wildman–Crippen LogP) is 8.29. The highest BCUT2D eigenvalue weighted by atomic mass is 16.5. The van der Waals surface area contributed by atoms with Crippen LogP contribution in [0.15, 0.2) is 53.6 Å². The third kappa shape index (κ3) is 3.74. The van der Waals surface area contributed by atoms with Crippen molar-refractivity contribution in [1.82, 2.24) is 0 Å². The van der Waals surface area contributed by atoms with Gasteiger partial charge < -0.3 is 9.84 Å². The first-order valence-corrected chi connectivity index (χ1v) is 15.3. The lowest BCUT2D eigenvalue weighted by molar-refractivity contribution is -0.148. The monoisotopic (exact) mass is 516 g/mol. The number of rotatable bonds is 3. The molecular formula is C35H48O3. The van der Waals surface area contributed by atoms with Crippen LogP contribution in [-0.2, 0) is 4.74 Å². The number of aliphatic hydroxyl groups excluding tert-OH is 1. The number of aliphatic hydroxyl groups is 1. The molecular weight excluding hydrogens is 468 g/mol. The molecule has 6 rings (SSSR count). The van der Waals surface area contributed by atoms with E-state index in [2.05, 4.69) is 46.8 Å². The minimum Gasteiger partial charge on any atom is -0.459 e. The van der Waals surface area contributed by atoms with Crippen LogP contribution in [0, 0.1) is 38.9 Å². The van der Waals surface area contributed by atoms with E-state index in [9.17, 15) is 9.90 Å². The maximum atomic E-state index is 12.8. The lowest BCUT2D eigenvalue weighted by atomic mass is 9.36. The molecule has 0 saturated heterocycles. The molecule has 0 aliphatic heterocycles. The number of hydrogen-bond donors (Lipinski definition) is 1. The Morgan fingerprint density at radius 2 is 1.68 bits per heavy atom. The van der Waals surface area contributed by atoms with Crippen LogP contribution in [0.25, 0.3) is 0 Å². The van der Waals surface area contributed by atoms with Crippen LogP contribution in [-0.4, -0.2) is 23.8 Å². The van der Waals surface area contributed by atoms with Gasteiger partial charge in [0.05, 0.1) is 5.56 Å². The first-order chi connectivity index (χ1) is 18.0. The van der Waals surface area contributed by atoms with Gasteiger partial charge in [-0.15, -0.1) is 0 Å². The summed E-state index contributed by atoms with van der Waals surface area (Å²) in [7, 11) is 0. The standard InChI is InChI=1S/C35H48O3/c1-31(23-36)17-18-32(2)19-20-34(4)28-12-11-25-21-26(38-30(37)24-9-7-6-8-10-24)13-15-33(25,3)27(28)14-16-35(34,5)29(32)22-31/h6-10,12,14,25-26,29,36H,11,13,15-23H2,1-5H3. The smallest absolute Gasteiger partial charge is 0.338 e. The second-order valence-electron chi connectivity index (χ2n) is 15.1. The number of hydrogen-bond acceptors (Lipinski definition) is 3. The minimum absolute atomic E-state index is 0.00885. The number of carbonyl (C=O) groups excluding carboxylic acids is 1. The average molecular weight is 517 g/mol. The number of esters is 1. The summed E-state index contributed by atoms with van der Waals surface area (Å²) in [4.78, 5) is 12.8. The molecule has 0 heterocycles. The zero-order chi connectivity index (χ0) is 27.0. The Hall–Kier alpha value is -1.87. The van der Waals surface area contributed by atoms with Gasteiger partial charge >= 0.3 is 5.97 Å². The number of allylic oxidation sites excluding steroid dienone is 4. The largest absolute Gasteiger partial charge is 0.459 e. The second-order valence-corrected chi connectivity index (χ2v) is 15.1. The number of carbonyl (C=O) groups is 1. The molecule has 8 atom stereocenters. The van der Waals surface area contributed by atoms with Gasteiger partial charge in [-0.25, -0.2) is 4.79 Å². The van der Waals surface area contributed by atoms with Gasteiger partial charge in [0.1, 0.15) is 6.10 Å². The fourth-order valence-electron chi connectivity index (χ4n) is 9.88. The van der Waals surface area contributed by atoms with Crippen LogP contribution in [0.5, 0.6) is 0 Å². The van der Waals surface area contributed by atoms with Gasteiger partial charge in [-0.05, 0) is 126 Å². The molecule has 0 bridgehead atoms. The molecule has 1 aromatic rings. The first-order valence-electron chi connectivity index (χ1n) is 15.3. The molecule has 3 saturated carbocycles. The van der Waals surface area contributed by atoms with E-state index in [1.165, 1.54) is 19.3 Å². The average Bonchev–Trinajstić information content (AvgIpc) is 2.91. The molecule has 0 spiro atoms. The van der Waals surface area contributed by atoms with E-state index in [0.29, 0.717) is 29.4 Å². The third-order valence-corrected chi connectivity index (χ3v) is 13.0. The maximum absolute atomic E-state index is 12.8. The second kappa shape index (κ2) is 8.82. The summed E-state index contributed by atoms with van der Waals surface area (Å²) in [5.41, 5.74) is 4.92. The molecule has 5 aliphatic rings. The fourth-order valence-corrected chi connectivity index (χ4v) is 9.88. The van der Waals surface area contributed by atoms with Crippen LogP contribution in [0.2, 0.25) is 0 Å². The van der Waals surface area contributed by atoms with Crippen molar-refractivity contribution >= 4 is 5.97 Å². The molecule has 0 amide bonds. The van der Waals surface area contributed by atoms with Crippen LogP contribution < -0.4 is 0 Å². The normalized spacial score (nSPS) is 45.9. The molecule has 0 radical (unpaired) electrons. The number of fused-ring (bicyclic) bond motifs is 7. The Kier molecular flexibility index (Phi) is 6.12. The van der Waals surface area contributed by atoms with Crippen molar-refractivity contribution in [2.24, 2.45) is 38.9 Å². The zero-order valence-electron chi connectivity index (χ0n) is 24.3. The number of ether oxygens (including phenoxy) is 1. The highest BCUT2D eigenvalue weighted by molar-refractivity contribution is 5.89. The SMILES string of the molecule is CC1(CO)CCC2(C)CCC3(C)C4=CCC5CC(OC(=O)c6ccccc6)CCC5(C)C4=CCC3(C)C2C1. The molecule has 3 heteroatoms. The quantitative estimate of drug-likeness (QED) is 0.411. The Labute approximate surface area is 230 Å². The highest BCUT2D eigenvalue weighted by Gasteiger charge is 2.64. The Morgan fingerprint density at radius 1 is 0.947 bits per heavy atom.